The lowest BCUT2D eigenvalue weighted by Gasteiger charge is -2.25. The van der Waals surface area contributed by atoms with Gasteiger partial charge in [-0.25, -0.2) is 0 Å². The Hall–Kier alpha value is 0.154. The Morgan fingerprint density at radius 1 is 0.500 bits per heavy atom. The normalized spacial score (nSPS) is 12.7. The molecular formula is C25H57NO6Si2. The molecule has 9 heteroatoms. The van der Waals surface area contributed by atoms with Crippen LogP contribution >= 0.6 is 0 Å². The van der Waals surface area contributed by atoms with Crippen molar-refractivity contribution in [3.8, 4) is 0 Å². The van der Waals surface area contributed by atoms with Gasteiger partial charge in [-0.15, -0.1) is 0 Å². The molecule has 0 spiro atoms. The maximum atomic E-state index is 5.90. The molecule has 0 aliphatic carbocycles. The largest absolute Gasteiger partial charge is 0.395 e. The smallest absolute Gasteiger partial charge is 0.334 e. The molecule has 0 fully saturated rings. The molecular weight excluding hydrogens is 466 g/mol. The van der Waals surface area contributed by atoms with Crippen LogP contribution in [0, 0.1) is 0 Å². The summed E-state index contributed by atoms with van der Waals surface area (Å²) >= 11 is 0. The van der Waals surface area contributed by atoms with Crippen molar-refractivity contribution in [2.45, 2.75) is 91.4 Å². The summed E-state index contributed by atoms with van der Waals surface area (Å²) in [7, 11) is -1.76. The van der Waals surface area contributed by atoms with Crippen molar-refractivity contribution >= 4 is 17.1 Å². The lowest BCUT2D eigenvalue weighted by molar-refractivity contribution is 0.0815. The van der Waals surface area contributed by atoms with Crippen molar-refractivity contribution in [1.29, 1.82) is 0 Å². The summed E-state index contributed by atoms with van der Waals surface area (Å²) in [5.41, 5.74) is 0. The van der Waals surface area contributed by atoms with Gasteiger partial charge in [0.25, 0.3) is 0 Å². The zero-order valence-corrected chi connectivity index (χ0v) is 25.6. The van der Waals surface area contributed by atoms with Crippen LogP contribution in [-0.4, -0.2) is 95.0 Å². The molecule has 0 atom stereocenters. The number of nitrogens with zero attached hydrogens (tertiary/aromatic N) is 1. The fourth-order valence-corrected chi connectivity index (χ4v) is 8.98. The average molecular weight is 524 g/mol. The number of unbranched alkanes of at least 4 members (excludes halogenated alkanes) is 4. The molecule has 7 nitrogen and oxygen atoms in total. The van der Waals surface area contributed by atoms with Crippen molar-refractivity contribution in [3.05, 3.63) is 0 Å². The van der Waals surface area contributed by atoms with Crippen LogP contribution in [0.1, 0.15) is 66.2 Å². The van der Waals surface area contributed by atoms with Crippen molar-refractivity contribution in [3.63, 3.8) is 0 Å². The minimum atomic E-state index is -1.95. The van der Waals surface area contributed by atoms with Crippen molar-refractivity contribution in [1.82, 2.24) is 4.90 Å². The van der Waals surface area contributed by atoms with Crippen LogP contribution in [0.5, 0.6) is 0 Å². The van der Waals surface area contributed by atoms with E-state index in [0.29, 0.717) is 0 Å². The van der Waals surface area contributed by atoms with Crippen LogP contribution in [-0.2, 0) is 27.2 Å². The summed E-state index contributed by atoms with van der Waals surface area (Å²) in [6.45, 7) is 20.7. The van der Waals surface area contributed by atoms with Gasteiger partial charge in [0.1, 0.15) is 0 Å². The Morgan fingerprint density at radius 3 is 1.18 bits per heavy atom. The highest BCUT2D eigenvalue weighted by Gasteiger charge is 2.30. The van der Waals surface area contributed by atoms with Crippen molar-refractivity contribution < 1.29 is 27.2 Å². The molecule has 0 unspecified atom stereocenters. The summed E-state index contributed by atoms with van der Waals surface area (Å²) in [6.07, 6.45) is 6.86. The van der Waals surface area contributed by atoms with Crippen molar-refractivity contribution in [2.75, 3.05) is 73.0 Å². The van der Waals surface area contributed by atoms with Gasteiger partial charge in [-0.3, -0.25) is 0 Å². The maximum absolute atomic E-state index is 5.90. The molecule has 0 bridgehead atoms. The topological polar surface area (TPSA) is 58.6 Å². The van der Waals surface area contributed by atoms with Crippen LogP contribution in [0.3, 0.4) is 0 Å². The van der Waals surface area contributed by atoms with E-state index >= 15 is 0 Å². The van der Waals surface area contributed by atoms with Gasteiger partial charge in [0.15, 0.2) is 0 Å². The first-order chi connectivity index (χ1) is 16.3. The Kier molecular flexibility index (Phi) is 22.5. The quantitative estimate of drug-likeness (QED) is 0.108. The molecule has 0 aromatic carbocycles. The van der Waals surface area contributed by atoms with Gasteiger partial charge >= 0.3 is 17.1 Å². The summed E-state index contributed by atoms with van der Waals surface area (Å²) in [5.74, 6) is 0. The molecule has 0 aliphatic rings. The lowest BCUT2D eigenvalue weighted by Crippen LogP contribution is -2.38. The number of likely N-dealkylation sites (N-methyl/N-ethyl adjacent to an activating group) is 1. The van der Waals surface area contributed by atoms with E-state index in [1.54, 1.807) is 0 Å². The van der Waals surface area contributed by atoms with E-state index in [4.69, 9.17) is 27.2 Å². The van der Waals surface area contributed by atoms with Gasteiger partial charge in [0.05, 0.1) is 13.2 Å². The molecule has 0 aliphatic heterocycles. The second-order valence-electron chi connectivity index (χ2n) is 9.15. The second-order valence-corrected chi connectivity index (χ2v) is 15.8. The summed E-state index contributed by atoms with van der Waals surface area (Å²) in [4.78, 5) is 2.28. The minimum absolute atomic E-state index is 0.745. The number of hydrogen-bond acceptors (Lipinski definition) is 7. The second kappa shape index (κ2) is 22.4. The van der Waals surface area contributed by atoms with Crippen LogP contribution in [0.2, 0.25) is 25.2 Å². The zero-order chi connectivity index (χ0) is 25.5. The molecule has 0 saturated heterocycles. The van der Waals surface area contributed by atoms with Gasteiger partial charge in [0, 0.05) is 52.7 Å². The van der Waals surface area contributed by atoms with Crippen LogP contribution in [0.25, 0.3) is 0 Å². The molecule has 0 radical (unpaired) electrons. The molecule has 0 N–H and O–H groups in total. The SMILES string of the molecule is CCO[Si](C)(CCCCCOCCN(C)CCOCCCCC[Si](C)(OCC)OCC)OCC. The van der Waals surface area contributed by atoms with Crippen LogP contribution in [0.4, 0.5) is 0 Å². The van der Waals surface area contributed by atoms with E-state index in [2.05, 4.69) is 25.0 Å². The molecule has 34 heavy (non-hydrogen) atoms. The van der Waals surface area contributed by atoms with E-state index in [-0.39, 0.29) is 0 Å². The van der Waals surface area contributed by atoms with E-state index < -0.39 is 17.1 Å². The highest BCUT2D eigenvalue weighted by molar-refractivity contribution is 6.66. The highest BCUT2D eigenvalue weighted by Crippen LogP contribution is 2.19. The third kappa shape index (κ3) is 19.4. The van der Waals surface area contributed by atoms with Gasteiger partial charge in [-0.2, -0.15) is 0 Å². The summed E-state index contributed by atoms with van der Waals surface area (Å²) in [6, 6.07) is 2.14. The Labute approximate surface area is 213 Å². The molecule has 0 amide bonds. The maximum Gasteiger partial charge on any atom is 0.334 e. The summed E-state index contributed by atoms with van der Waals surface area (Å²) < 4.78 is 35.2. The van der Waals surface area contributed by atoms with E-state index in [0.717, 1.165) is 104 Å². The Bertz CT molecular complexity index is 398. The fraction of sp³-hybridized carbons (Fsp3) is 1.00. The standard InChI is InChI=1S/C25H57NO6Si2/c1-8-29-33(6,30-9-2)24-16-12-14-20-27-22-18-26(5)19-23-28-21-15-13-17-25-34(7,31-10-3)32-11-4/h8-25H2,1-7H3. The predicted molar refractivity (Wildman–Crippen MR) is 146 cm³/mol. The first kappa shape index (κ1) is 34.2. The van der Waals surface area contributed by atoms with Crippen LogP contribution < -0.4 is 0 Å². The minimum Gasteiger partial charge on any atom is -0.395 e. The number of ether oxygens (including phenoxy) is 2. The Balaban J connectivity index is 3.56. The first-order valence-electron chi connectivity index (χ1n) is 13.7. The zero-order valence-electron chi connectivity index (χ0n) is 23.6. The predicted octanol–water partition coefficient (Wildman–Crippen LogP) is 5.58. The molecule has 0 rings (SSSR count). The molecule has 0 aromatic rings. The third-order valence-electron chi connectivity index (χ3n) is 5.87. The lowest BCUT2D eigenvalue weighted by atomic mass is 10.3. The number of rotatable bonds is 26. The van der Waals surface area contributed by atoms with Gasteiger partial charge < -0.3 is 32.1 Å². The Morgan fingerprint density at radius 2 is 0.853 bits per heavy atom. The van der Waals surface area contributed by atoms with Gasteiger partial charge in [-0.1, -0.05) is 25.7 Å². The van der Waals surface area contributed by atoms with E-state index in [1.165, 1.54) is 12.8 Å². The van der Waals surface area contributed by atoms with Crippen molar-refractivity contribution in [2.24, 2.45) is 0 Å². The van der Waals surface area contributed by atoms with E-state index in [1.807, 2.05) is 27.7 Å². The number of hydrogen-bond donors (Lipinski definition) is 0. The fourth-order valence-electron chi connectivity index (χ4n) is 4.00. The highest BCUT2D eigenvalue weighted by atomic mass is 28.4. The van der Waals surface area contributed by atoms with E-state index in [9.17, 15) is 0 Å². The van der Waals surface area contributed by atoms with Gasteiger partial charge in [-0.05, 0) is 72.8 Å². The first-order valence-corrected chi connectivity index (χ1v) is 18.8. The van der Waals surface area contributed by atoms with Gasteiger partial charge in [0.2, 0.25) is 0 Å². The molecule has 0 aromatic heterocycles. The van der Waals surface area contributed by atoms with Crippen LogP contribution in [0.15, 0.2) is 0 Å². The summed E-state index contributed by atoms with van der Waals surface area (Å²) in [5, 5.41) is 0. The molecule has 206 valence electrons. The third-order valence-corrected chi connectivity index (χ3v) is 12.0. The average Bonchev–Trinajstić information content (AvgIpc) is 2.78. The monoisotopic (exact) mass is 523 g/mol. The molecule has 0 saturated carbocycles. The molecule has 0 heterocycles.